The molecule has 1 heterocycles. The molecule has 0 atom stereocenters. The van der Waals surface area contributed by atoms with Crippen LogP contribution in [0.15, 0.2) is 73.1 Å². The van der Waals surface area contributed by atoms with Crippen molar-refractivity contribution < 1.29 is 4.74 Å². The molecule has 0 radical (unpaired) electrons. The lowest BCUT2D eigenvalue weighted by molar-refractivity contribution is 0.414. The van der Waals surface area contributed by atoms with Crippen LogP contribution in [-0.4, -0.2) is 31.2 Å². The van der Waals surface area contributed by atoms with Crippen molar-refractivity contribution in [2.75, 3.05) is 31.0 Å². The number of aromatic nitrogens is 2. The third kappa shape index (κ3) is 4.35. The van der Waals surface area contributed by atoms with E-state index in [9.17, 15) is 0 Å². The summed E-state index contributed by atoms with van der Waals surface area (Å²) in [6.45, 7) is 1.62. The van der Waals surface area contributed by atoms with E-state index in [0.717, 1.165) is 35.6 Å². The zero-order chi connectivity index (χ0) is 20.2. The predicted octanol–water partition coefficient (Wildman–Crippen LogP) is 4.84. The van der Waals surface area contributed by atoms with Crippen LogP contribution >= 0.6 is 0 Å². The van der Waals surface area contributed by atoms with E-state index in [1.807, 2.05) is 12.1 Å². The van der Waals surface area contributed by atoms with Crippen molar-refractivity contribution in [2.24, 2.45) is 0 Å². The van der Waals surface area contributed by atoms with Crippen LogP contribution in [0.4, 0.5) is 11.4 Å². The summed E-state index contributed by atoms with van der Waals surface area (Å²) in [6, 6.07) is 23.4. The minimum atomic E-state index is 0.801. The second kappa shape index (κ2) is 8.27. The lowest BCUT2D eigenvalue weighted by atomic mass is 10.1. The molecule has 29 heavy (non-hydrogen) atoms. The van der Waals surface area contributed by atoms with Crippen LogP contribution in [0, 0.1) is 0 Å². The van der Waals surface area contributed by atoms with Gasteiger partial charge in [0, 0.05) is 38.6 Å². The topological polar surface area (TPSA) is 44.4 Å². The van der Waals surface area contributed by atoms with Crippen LogP contribution in [-0.2, 0) is 13.1 Å². The molecule has 0 unspecified atom stereocenters. The van der Waals surface area contributed by atoms with Crippen molar-refractivity contribution in [3.63, 3.8) is 0 Å². The third-order valence-corrected chi connectivity index (χ3v) is 5.13. The number of methoxy groups -OCH3 is 1. The molecule has 0 fully saturated rings. The Labute approximate surface area is 171 Å². The van der Waals surface area contributed by atoms with Crippen LogP contribution < -0.4 is 14.5 Å². The molecule has 1 N–H and O–H groups in total. The largest absolute Gasteiger partial charge is 0.497 e. The van der Waals surface area contributed by atoms with Gasteiger partial charge in [0.15, 0.2) is 0 Å². The Morgan fingerprint density at radius 3 is 2.07 bits per heavy atom. The molecule has 0 saturated heterocycles. The predicted molar refractivity (Wildman–Crippen MR) is 120 cm³/mol. The highest BCUT2D eigenvalue weighted by molar-refractivity contribution is 5.79. The van der Waals surface area contributed by atoms with Crippen molar-refractivity contribution in [2.45, 2.75) is 13.1 Å². The van der Waals surface area contributed by atoms with Crippen LogP contribution in [0.3, 0.4) is 0 Å². The molecular weight excluding hydrogens is 360 g/mol. The number of aromatic amines is 1. The van der Waals surface area contributed by atoms with Crippen molar-refractivity contribution in [3.8, 4) is 5.75 Å². The number of anilines is 2. The molecule has 0 bridgehead atoms. The van der Waals surface area contributed by atoms with Crippen molar-refractivity contribution in [3.05, 3.63) is 84.2 Å². The Balaban J connectivity index is 1.63. The Kier molecular flexibility index (Phi) is 5.38. The molecule has 4 aromatic rings. The van der Waals surface area contributed by atoms with Gasteiger partial charge in [-0.15, -0.1) is 0 Å². The van der Waals surface area contributed by atoms with Crippen molar-refractivity contribution >= 4 is 22.4 Å². The molecule has 148 valence electrons. The van der Waals surface area contributed by atoms with Gasteiger partial charge in [0.1, 0.15) is 5.75 Å². The van der Waals surface area contributed by atoms with Gasteiger partial charge in [0.25, 0.3) is 0 Å². The van der Waals surface area contributed by atoms with Gasteiger partial charge in [0.05, 0.1) is 24.5 Å². The third-order valence-electron chi connectivity index (χ3n) is 5.13. The van der Waals surface area contributed by atoms with E-state index in [4.69, 9.17) is 4.74 Å². The van der Waals surface area contributed by atoms with Crippen LogP contribution in [0.5, 0.6) is 5.75 Å². The first kappa shape index (κ1) is 18.9. The highest BCUT2D eigenvalue weighted by Crippen LogP contribution is 2.25. The number of ether oxygens (including phenoxy) is 1. The molecule has 0 aliphatic carbocycles. The Hall–Kier alpha value is -3.47. The van der Waals surface area contributed by atoms with E-state index >= 15 is 0 Å². The van der Waals surface area contributed by atoms with Crippen molar-refractivity contribution in [1.29, 1.82) is 0 Å². The number of imidazole rings is 1. The average molecular weight is 386 g/mol. The molecule has 0 amide bonds. The van der Waals surface area contributed by atoms with Crippen LogP contribution in [0.25, 0.3) is 11.0 Å². The maximum atomic E-state index is 5.29. The summed E-state index contributed by atoms with van der Waals surface area (Å²) >= 11 is 0. The quantitative estimate of drug-likeness (QED) is 0.493. The smallest absolute Gasteiger partial charge is 0.118 e. The van der Waals surface area contributed by atoms with Crippen molar-refractivity contribution in [1.82, 2.24) is 9.97 Å². The fourth-order valence-electron chi connectivity index (χ4n) is 3.43. The Morgan fingerprint density at radius 2 is 1.45 bits per heavy atom. The number of hydrogen-bond acceptors (Lipinski definition) is 4. The number of benzene rings is 3. The van der Waals surface area contributed by atoms with E-state index in [-0.39, 0.29) is 0 Å². The minimum absolute atomic E-state index is 0.801. The number of nitrogens with zero attached hydrogens (tertiary/aromatic N) is 3. The SMILES string of the molecule is COc1ccc(CN(Cc2ccc(N(C)C)cc2)c2ccc3[nH]cnc3c2)cc1. The van der Waals surface area contributed by atoms with Gasteiger partial charge >= 0.3 is 0 Å². The first-order chi connectivity index (χ1) is 14.1. The first-order valence-corrected chi connectivity index (χ1v) is 9.69. The molecular formula is C24H26N4O. The van der Waals surface area contributed by atoms with Gasteiger partial charge in [0.2, 0.25) is 0 Å². The number of hydrogen-bond donors (Lipinski definition) is 1. The lowest BCUT2D eigenvalue weighted by Gasteiger charge is -2.26. The molecule has 1 aromatic heterocycles. The highest BCUT2D eigenvalue weighted by Gasteiger charge is 2.11. The lowest BCUT2D eigenvalue weighted by Crippen LogP contribution is -2.22. The molecule has 0 aliphatic heterocycles. The summed E-state index contributed by atoms with van der Waals surface area (Å²) in [5.74, 6) is 0.873. The van der Waals surface area contributed by atoms with E-state index in [2.05, 4.69) is 88.5 Å². The van der Waals surface area contributed by atoms with E-state index < -0.39 is 0 Å². The van der Waals surface area contributed by atoms with Crippen LogP contribution in [0.2, 0.25) is 0 Å². The monoisotopic (exact) mass is 386 g/mol. The van der Waals surface area contributed by atoms with Gasteiger partial charge in [-0.25, -0.2) is 4.98 Å². The maximum absolute atomic E-state index is 5.29. The standard InChI is InChI=1S/C24H26N4O/c1-27(2)20-8-4-18(5-9-20)15-28(16-19-6-11-22(29-3)12-7-19)21-10-13-23-24(14-21)26-17-25-23/h4-14,17H,15-16H2,1-3H3,(H,25,26). The van der Waals surface area contributed by atoms with Gasteiger partial charge in [-0.3, -0.25) is 0 Å². The second-order valence-electron chi connectivity index (χ2n) is 7.37. The Bertz CT molecular complexity index is 1070. The second-order valence-corrected chi connectivity index (χ2v) is 7.37. The minimum Gasteiger partial charge on any atom is -0.497 e. The number of fused-ring (bicyclic) bond motifs is 1. The molecule has 0 spiro atoms. The summed E-state index contributed by atoms with van der Waals surface area (Å²) in [5, 5.41) is 0. The average Bonchev–Trinajstić information content (AvgIpc) is 3.22. The molecule has 4 rings (SSSR count). The zero-order valence-electron chi connectivity index (χ0n) is 17.1. The Morgan fingerprint density at radius 1 is 0.828 bits per heavy atom. The van der Waals surface area contributed by atoms with Gasteiger partial charge in [-0.05, 0) is 53.6 Å². The fourth-order valence-corrected chi connectivity index (χ4v) is 3.43. The summed E-state index contributed by atoms with van der Waals surface area (Å²) in [4.78, 5) is 12.1. The summed E-state index contributed by atoms with van der Waals surface area (Å²) in [6.07, 6.45) is 1.74. The number of rotatable bonds is 7. The normalized spacial score (nSPS) is 10.9. The fraction of sp³-hybridized carbons (Fsp3) is 0.208. The molecule has 3 aromatic carbocycles. The molecule has 5 nitrogen and oxygen atoms in total. The number of nitrogens with one attached hydrogen (secondary N) is 1. The first-order valence-electron chi connectivity index (χ1n) is 9.69. The van der Waals surface area contributed by atoms with Gasteiger partial charge in [-0.2, -0.15) is 0 Å². The van der Waals surface area contributed by atoms with Gasteiger partial charge in [-0.1, -0.05) is 24.3 Å². The zero-order valence-corrected chi connectivity index (χ0v) is 17.1. The maximum Gasteiger partial charge on any atom is 0.118 e. The number of H-pyrrole nitrogens is 1. The van der Waals surface area contributed by atoms with Gasteiger partial charge < -0.3 is 19.5 Å². The highest BCUT2D eigenvalue weighted by atomic mass is 16.5. The summed E-state index contributed by atoms with van der Waals surface area (Å²) in [5.41, 5.74) is 6.88. The molecule has 5 heteroatoms. The van der Waals surface area contributed by atoms with E-state index in [1.54, 1.807) is 13.4 Å². The van der Waals surface area contributed by atoms with E-state index in [1.165, 1.54) is 16.8 Å². The summed E-state index contributed by atoms with van der Waals surface area (Å²) < 4.78 is 5.29. The van der Waals surface area contributed by atoms with E-state index in [0.29, 0.717) is 0 Å². The summed E-state index contributed by atoms with van der Waals surface area (Å²) in [7, 11) is 5.81. The molecule has 0 aliphatic rings. The molecule has 0 saturated carbocycles. The van der Waals surface area contributed by atoms with Crippen LogP contribution in [0.1, 0.15) is 11.1 Å².